The number of halogens is 3. The lowest BCUT2D eigenvalue weighted by Crippen LogP contribution is -2.14. The largest absolute Gasteiger partial charge is 0.489 e. The third-order valence-electron chi connectivity index (χ3n) is 3.75. The number of ether oxygens (including phenoxy) is 1. The van der Waals surface area contributed by atoms with Crippen LogP contribution in [0.2, 0.25) is 15.1 Å². The lowest BCUT2D eigenvalue weighted by atomic mass is 10.2. The van der Waals surface area contributed by atoms with Crippen molar-refractivity contribution >= 4 is 34.8 Å². The van der Waals surface area contributed by atoms with Gasteiger partial charge < -0.3 is 10.1 Å². The summed E-state index contributed by atoms with van der Waals surface area (Å²) in [6.45, 7) is 1.68. The molecule has 134 valence electrons. The summed E-state index contributed by atoms with van der Waals surface area (Å²) < 4.78 is 5.96. The predicted molar refractivity (Wildman–Crippen MR) is 107 cm³/mol. The molecule has 0 atom stereocenters. The SMILES string of the molecule is Clc1ccc(OCc2ccc(Cl)c(Cl)c2)c(CNCc2ccccn2)c1. The summed E-state index contributed by atoms with van der Waals surface area (Å²) in [5, 5.41) is 5.07. The molecular formula is C20H17Cl3N2O. The second-order valence-electron chi connectivity index (χ2n) is 5.71. The summed E-state index contributed by atoms with van der Waals surface area (Å²) in [6, 6.07) is 16.9. The van der Waals surface area contributed by atoms with E-state index < -0.39 is 0 Å². The number of hydrogen-bond donors (Lipinski definition) is 1. The van der Waals surface area contributed by atoms with Gasteiger partial charge in [0, 0.05) is 29.9 Å². The monoisotopic (exact) mass is 406 g/mol. The molecule has 3 aromatic rings. The topological polar surface area (TPSA) is 34.1 Å². The molecule has 0 spiro atoms. The number of nitrogens with one attached hydrogen (secondary N) is 1. The third kappa shape index (κ3) is 5.36. The molecule has 1 N–H and O–H groups in total. The van der Waals surface area contributed by atoms with Crippen LogP contribution in [0.5, 0.6) is 5.75 Å². The normalized spacial score (nSPS) is 10.7. The lowest BCUT2D eigenvalue weighted by Gasteiger charge is -2.13. The van der Waals surface area contributed by atoms with Crippen molar-refractivity contribution in [1.29, 1.82) is 0 Å². The van der Waals surface area contributed by atoms with Crippen molar-refractivity contribution < 1.29 is 4.74 Å². The van der Waals surface area contributed by atoms with Crippen LogP contribution in [0.4, 0.5) is 0 Å². The van der Waals surface area contributed by atoms with Gasteiger partial charge in [0.2, 0.25) is 0 Å². The first-order valence-corrected chi connectivity index (χ1v) is 9.21. The van der Waals surface area contributed by atoms with Crippen LogP contribution in [0, 0.1) is 0 Å². The number of benzene rings is 2. The first-order valence-electron chi connectivity index (χ1n) is 8.07. The molecule has 6 heteroatoms. The Morgan fingerprint density at radius 2 is 1.77 bits per heavy atom. The first kappa shape index (κ1) is 19.0. The van der Waals surface area contributed by atoms with Gasteiger partial charge in [-0.05, 0) is 48.0 Å². The molecule has 0 saturated heterocycles. The van der Waals surface area contributed by atoms with Gasteiger partial charge in [-0.25, -0.2) is 0 Å². The molecule has 0 saturated carbocycles. The van der Waals surface area contributed by atoms with Crippen LogP contribution in [0.3, 0.4) is 0 Å². The second-order valence-corrected chi connectivity index (χ2v) is 6.96. The van der Waals surface area contributed by atoms with Gasteiger partial charge in [-0.2, -0.15) is 0 Å². The van der Waals surface area contributed by atoms with Gasteiger partial charge in [0.15, 0.2) is 0 Å². The Bertz CT molecular complexity index is 872. The third-order valence-corrected chi connectivity index (χ3v) is 4.72. The molecular weight excluding hydrogens is 391 g/mol. The van der Waals surface area contributed by atoms with Gasteiger partial charge in [0.05, 0.1) is 15.7 Å². The summed E-state index contributed by atoms with van der Waals surface area (Å²) in [7, 11) is 0. The van der Waals surface area contributed by atoms with E-state index in [0.29, 0.717) is 34.8 Å². The van der Waals surface area contributed by atoms with Crippen molar-refractivity contribution in [2.24, 2.45) is 0 Å². The van der Waals surface area contributed by atoms with E-state index in [4.69, 9.17) is 39.5 Å². The molecule has 0 aliphatic carbocycles. The molecule has 3 nitrogen and oxygen atoms in total. The first-order chi connectivity index (χ1) is 12.6. The Hall–Kier alpha value is -1.78. The van der Waals surface area contributed by atoms with E-state index in [9.17, 15) is 0 Å². The molecule has 0 radical (unpaired) electrons. The highest BCUT2D eigenvalue weighted by atomic mass is 35.5. The van der Waals surface area contributed by atoms with Gasteiger partial charge in [0.25, 0.3) is 0 Å². The Morgan fingerprint density at radius 3 is 2.54 bits per heavy atom. The van der Waals surface area contributed by atoms with E-state index >= 15 is 0 Å². The van der Waals surface area contributed by atoms with Crippen molar-refractivity contribution in [3.63, 3.8) is 0 Å². The fourth-order valence-electron chi connectivity index (χ4n) is 2.45. The molecule has 2 aromatic carbocycles. The predicted octanol–water partition coefficient (Wildman–Crippen LogP) is 5.91. The summed E-state index contributed by atoms with van der Waals surface area (Å²) in [4.78, 5) is 4.30. The van der Waals surface area contributed by atoms with Crippen molar-refractivity contribution in [3.05, 3.63) is 92.7 Å². The maximum atomic E-state index is 6.14. The molecule has 0 bridgehead atoms. The van der Waals surface area contributed by atoms with Crippen molar-refractivity contribution in [3.8, 4) is 5.75 Å². The summed E-state index contributed by atoms with van der Waals surface area (Å²) in [5.74, 6) is 0.772. The molecule has 0 amide bonds. The highest BCUT2D eigenvalue weighted by molar-refractivity contribution is 6.42. The van der Waals surface area contributed by atoms with Crippen LogP contribution in [0.25, 0.3) is 0 Å². The summed E-state index contributed by atoms with van der Waals surface area (Å²) in [6.07, 6.45) is 1.78. The van der Waals surface area contributed by atoms with Gasteiger partial charge >= 0.3 is 0 Å². The van der Waals surface area contributed by atoms with Gasteiger partial charge in [-0.3, -0.25) is 4.98 Å². The summed E-state index contributed by atoms with van der Waals surface area (Å²) in [5.41, 5.74) is 2.91. The molecule has 0 aliphatic heterocycles. The zero-order valence-electron chi connectivity index (χ0n) is 13.9. The van der Waals surface area contributed by atoms with Crippen LogP contribution < -0.4 is 10.1 Å². The molecule has 3 rings (SSSR count). The van der Waals surface area contributed by atoms with E-state index in [1.807, 2.05) is 42.5 Å². The van der Waals surface area contributed by atoms with Gasteiger partial charge in [-0.15, -0.1) is 0 Å². The van der Waals surface area contributed by atoms with Crippen LogP contribution in [-0.2, 0) is 19.7 Å². The van der Waals surface area contributed by atoms with Gasteiger partial charge in [0.1, 0.15) is 12.4 Å². The van der Waals surface area contributed by atoms with Gasteiger partial charge in [-0.1, -0.05) is 46.9 Å². The average Bonchev–Trinajstić information content (AvgIpc) is 2.65. The highest BCUT2D eigenvalue weighted by Crippen LogP contribution is 2.26. The smallest absolute Gasteiger partial charge is 0.124 e. The molecule has 26 heavy (non-hydrogen) atoms. The Balaban J connectivity index is 1.64. The Kier molecular flexibility index (Phi) is 6.75. The zero-order chi connectivity index (χ0) is 18.4. The van der Waals surface area contributed by atoms with Crippen LogP contribution in [0.1, 0.15) is 16.8 Å². The fourth-order valence-corrected chi connectivity index (χ4v) is 2.96. The zero-order valence-corrected chi connectivity index (χ0v) is 16.2. The van der Waals surface area contributed by atoms with Crippen LogP contribution >= 0.6 is 34.8 Å². The minimum absolute atomic E-state index is 0.395. The molecule has 1 heterocycles. The lowest BCUT2D eigenvalue weighted by molar-refractivity contribution is 0.302. The number of pyridine rings is 1. The second kappa shape index (κ2) is 9.24. The van der Waals surface area contributed by atoms with Crippen molar-refractivity contribution in [2.45, 2.75) is 19.7 Å². The van der Waals surface area contributed by atoms with E-state index in [0.717, 1.165) is 22.6 Å². The van der Waals surface area contributed by atoms with Crippen LogP contribution in [0.15, 0.2) is 60.8 Å². The van der Waals surface area contributed by atoms with Crippen molar-refractivity contribution in [2.75, 3.05) is 0 Å². The highest BCUT2D eigenvalue weighted by Gasteiger charge is 2.07. The quantitative estimate of drug-likeness (QED) is 0.528. The molecule has 0 aliphatic rings. The number of nitrogens with zero attached hydrogens (tertiary/aromatic N) is 1. The number of aromatic nitrogens is 1. The maximum absolute atomic E-state index is 6.14. The maximum Gasteiger partial charge on any atom is 0.124 e. The number of rotatable bonds is 7. The van der Waals surface area contributed by atoms with Crippen molar-refractivity contribution in [1.82, 2.24) is 10.3 Å². The standard InChI is InChI=1S/C20H17Cl3N2O/c21-16-5-7-20(26-13-14-4-6-18(22)19(23)9-14)15(10-16)11-24-12-17-3-1-2-8-25-17/h1-10,24H,11-13H2. The minimum Gasteiger partial charge on any atom is -0.489 e. The van der Waals surface area contributed by atoms with E-state index in [1.54, 1.807) is 18.3 Å². The van der Waals surface area contributed by atoms with E-state index in [2.05, 4.69) is 10.3 Å². The number of hydrogen-bond acceptors (Lipinski definition) is 3. The van der Waals surface area contributed by atoms with Crippen LogP contribution in [-0.4, -0.2) is 4.98 Å². The molecule has 0 unspecified atom stereocenters. The molecule has 1 aromatic heterocycles. The van der Waals surface area contributed by atoms with E-state index in [1.165, 1.54) is 0 Å². The van der Waals surface area contributed by atoms with E-state index in [-0.39, 0.29) is 0 Å². The Labute approximate surface area is 167 Å². The average molecular weight is 408 g/mol. The summed E-state index contributed by atoms with van der Waals surface area (Å²) >= 11 is 18.1. The molecule has 0 fully saturated rings. The minimum atomic E-state index is 0.395. The fraction of sp³-hybridized carbons (Fsp3) is 0.150. The Morgan fingerprint density at radius 1 is 0.885 bits per heavy atom.